The number of unbranched alkanes of at least 4 members (excludes halogenated alkanes) is 1. The van der Waals surface area contributed by atoms with E-state index >= 15 is 0 Å². The van der Waals surface area contributed by atoms with Gasteiger partial charge in [-0.15, -0.1) is 0 Å². The van der Waals surface area contributed by atoms with E-state index in [0.29, 0.717) is 17.3 Å². The van der Waals surface area contributed by atoms with E-state index in [1.54, 1.807) is 12.1 Å². The molecule has 108 valence electrons. The minimum absolute atomic E-state index is 0.277. The third-order valence-electron chi connectivity index (χ3n) is 3.44. The third-order valence-corrected chi connectivity index (χ3v) is 3.44. The quantitative estimate of drug-likeness (QED) is 0.773. The van der Waals surface area contributed by atoms with E-state index in [-0.39, 0.29) is 5.82 Å². The minimum Gasteiger partial charge on any atom is -0.478 e. The predicted molar refractivity (Wildman–Crippen MR) is 78.3 cm³/mol. The minimum atomic E-state index is -1.03. The average molecular weight is 277 g/mol. The van der Waals surface area contributed by atoms with Crippen molar-refractivity contribution in [3.8, 4) is 0 Å². The van der Waals surface area contributed by atoms with E-state index in [9.17, 15) is 9.18 Å². The van der Waals surface area contributed by atoms with Gasteiger partial charge in [-0.05, 0) is 43.0 Å². The van der Waals surface area contributed by atoms with Crippen molar-refractivity contribution in [1.82, 2.24) is 0 Å². The van der Waals surface area contributed by atoms with Crippen molar-refractivity contribution in [2.45, 2.75) is 38.6 Å². The monoisotopic (exact) mass is 277 g/mol. The summed E-state index contributed by atoms with van der Waals surface area (Å²) in [4.78, 5) is 12.6. The molecule has 0 heterocycles. The van der Waals surface area contributed by atoms with Crippen molar-refractivity contribution in [3.63, 3.8) is 0 Å². The number of carbonyl (C=O) groups is 1. The van der Waals surface area contributed by atoms with Crippen molar-refractivity contribution >= 4 is 17.7 Å². The van der Waals surface area contributed by atoms with Gasteiger partial charge in [-0.1, -0.05) is 19.4 Å². The third kappa shape index (κ3) is 3.83. The van der Waals surface area contributed by atoms with Crippen molar-refractivity contribution in [2.75, 3.05) is 11.4 Å². The fourth-order valence-corrected chi connectivity index (χ4v) is 2.24. The summed E-state index contributed by atoms with van der Waals surface area (Å²) in [5, 5.41) is 8.58. The Morgan fingerprint density at radius 3 is 2.80 bits per heavy atom. The number of hydrogen-bond donors (Lipinski definition) is 1. The second kappa shape index (κ2) is 6.55. The molecule has 20 heavy (non-hydrogen) atoms. The molecule has 0 aliphatic heterocycles. The van der Waals surface area contributed by atoms with E-state index < -0.39 is 5.97 Å². The number of benzene rings is 1. The average Bonchev–Trinajstić information content (AvgIpc) is 3.23. The summed E-state index contributed by atoms with van der Waals surface area (Å²) in [6.45, 7) is 3.00. The summed E-state index contributed by atoms with van der Waals surface area (Å²) in [6.07, 6.45) is 6.82. The van der Waals surface area contributed by atoms with Crippen LogP contribution in [0.1, 0.15) is 38.2 Å². The molecule has 4 heteroatoms. The Labute approximate surface area is 118 Å². The fraction of sp³-hybridized carbons (Fsp3) is 0.438. The van der Waals surface area contributed by atoms with Crippen LogP contribution in [-0.2, 0) is 4.79 Å². The Bertz CT molecular complexity index is 509. The van der Waals surface area contributed by atoms with E-state index in [2.05, 4.69) is 11.8 Å². The highest BCUT2D eigenvalue weighted by Gasteiger charge is 2.30. The van der Waals surface area contributed by atoms with Crippen LogP contribution in [0.5, 0.6) is 0 Å². The Morgan fingerprint density at radius 1 is 1.50 bits per heavy atom. The summed E-state index contributed by atoms with van der Waals surface area (Å²) < 4.78 is 14.2. The van der Waals surface area contributed by atoms with Crippen LogP contribution in [0.3, 0.4) is 0 Å². The van der Waals surface area contributed by atoms with E-state index in [4.69, 9.17) is 5.11 Å². The van der Waals surface area contributed by atoms with Gasteiger partial charge in [0.2, 0.25) is 0 Å². The smallest absolute Gasteiger partial charge is 0.328 e. The SMILES string of the molecule is CCCCN(c1ccc(C=CC(=O)O)cc1F)C1CC1. The van der Waals surface area contributed by atoms with Crippen LogP contribution in [0.25, 0.3) is 6.08 Å². The zero-order valence-corrected chi connectivity index (χ0v) is 11.7. The van der Waals surface area contributed by atoms with Gasteiger partial charge in [0.15, 0.2) is 0 Å². The topological polar surface area (TPSA) is 40.5 Å². The maximum atomic E-state index is 14.2. The van der Waals surface area contributed by atoms with Crippen molar-refractivity contribution < 1.29 is 14.3 Å². The highest BCUT2D eigenvalue weighted by molar-refractivity contribution is 5.85. The first kappa shape index (κ1) is 14.6. The van der Waals surface area contributed by atoms with Crippen LogP contribution in [0.2, 0.25) is 0 Å². The van der Waals surface area contributed by atoms with Gasteiger partial charge in [-0.3, -0.25) is 0 Å². The van der Waals surface area contributed by atoms with Crippen LogP contribution < -0.4 is 4.90 Å². The summed E-state index contributed by atoms with van der Waals surface area (Å²) in [5.74, 6) is -1.31. The first-order chi connectivity index (χ1) is 9.61. The van der Waals surface area contributed by atoms with E-state index in [0.717, 1.165) is 38.3 Å². The molecule has 1 aliphatic carbocycles. The molecule has 1 aromatic rings. The molecule has 1 aliphatic rings. The van der Waals surface area contributed by atoms with Crippen LogP contribution >= 0.6 is 0 Å². The van der Waals surface area contributed by atoms with Crippen molar-refractivity contribution in [3.05, 3.63) is 35.7 Å². The second-order valence-corrected chi connectivity index (χ2v) is 5.16. The van der Waals surface area contributed by atoms with Gasteiger partial charge in [-0.25, -0.2) is 9.18 Å². The number of carboxylic acids is 1. The van der Waals surface area contributed by atoms with Gasteiger partial charge in [0.05, 0.1) is 5.69 Å². The Hall–Kier alpha value is -1.84. The van der Waals surface area contributed by atoms with Crippen LogP contribution in [-0.4, -0.2) is 23.7 Å². The summed E-state index contributed by atoms with van der Waals surface area (Å²) in [6, 6.07) is 5.39. The lowest BCUT2D eigenvalue weighted by Crippen LogP contribution is -2.27. The van der Waals surface area contributed by atoms with Gasteiger partial charge >= 0.3 is 5.97 Å². The van der Waals surface area contributed by atoms with E-state index in [1.165, 1.54) is 12.1 Å². The summed E-state index contributed by atoms with van der Waals surface area (Å²) >= 11 is 0. The molecule has 1 aromatic carbocycles. The summed E-state index contributed by atoms with van der Waals surface area (Å²) in [5.41, 5.74) is 1.20. The van der Waals surface area contributed by atoms with Gasteiger partial charge in [0.1, 0.15) is 5.82 Å². The van der Waals surface area contributed by atoms with Gasteiger partial charge in [0, 0.05) is 18.7 Å². The Kier molecular flexibility index (Phi) is 4.77. The highest BCUT2D eigenvalue weighted by Crippen LogP contribution is 2.33. The first-order valence-electron chi connectivity index (χ1n) is 7.09. The molecule has 0 aromatic heterocycles. The summed E-state index contributed by atoms with van der Waals surface area (Å²) in [7, 11) is 0. The normalized spacial score (nSPS) is 14.7. The number of anilines is 1. The van der Waals surface area contributed by atoms with Crippen molar-refractivity contribution in [1.29, 1.82) is 0 Å². The van der Waals surface area contributed by atoms with Crippen LogP contribution in [0.15, 0.2) is 24.3 Å². The molecule has 0 saturated heterocycles. The zero-order chi connectivity index (χ0) is 14.5. The van der Waals surface area contributed by atoms with E-state index in [1.807, 2.05) is 0 Å². The molecule has 1 fully saturated rings. The van der Waals surface area contributed by atoms with Gasteiger partial charge in [0.25, 0.3) is 0 Å². The number of halogens is 1. The fourth-order valence-electron chi connectivity index (χ4n) is 2.24. The maximum absolute atomic E-state index is 14.2. The molecular weight excluding hydrogens is 257 g/mol. The predicted octanol–water partition coefficient (Wildman–Crippen LogP) is 3.69. The number of hydrogen-bond acceptors (Lipinski definition) is 2. The number of aliphatic carboxylic acids is 1. The molecule has 2 rings (SSSR count). The molecule has 0 bridgehead atoms. The van der Waals surface area contributed by atoms with Gasteiger partial charge in [-0.2, -0.15) is 0 Å². The molecular formula is C16H20FNO2. The number of nitrogens with zero attached hydrogens (tertiary/aromatic N) is 1. The molecule has 1 N–H and O–H groups in total. The Morgan fingerprint density at radius 2 is 2.25 bits per heavy atom. The number of carboxylic acid groups (broad SMARTS) is 1. The van der Waals surface area contributed by atoms with Crippen LogP contribution in [0, 0.1) is 5.82 Å². The second-order valence-electron chi connectivity index (χ2n) is 5.16. The number of rotatable bonds is 7. The van der Waals surface area contributed by atoms with Crippen LogP contribution in [0.4, 0.5) is 10.1 Å². The molecule has 0 unspecified atom stereocenters. The molecule has 0 spiro atoms. The lowest BCUT2D eigenvalue weighted by atomic mass is 10.1. The standard InChI is InChI=1S/C16H20FNO2/c1-2-3-10-18(13-6-7-13)15-8-4-12(11-14(15)17)5-9-16(19)20/h4-5,8-9,11,13H,2-3,6-7,10H2,1H3,(H,19,20). The molecule has 0 amide bonds. The zero-order valence-electron chi connectivity index (χ0n) is 11.7. The molecule has 1 saturated carbocycles. The molecule has 0 radical (unpaired) electrons. The lowest BCUT2D eigenvalue weighted by Gasteiger charge is -2.25. The van der Waals surface area contributed by atoms with Crippen molar-refractivity contribution in [2.24, 2.45) is 0 Å². The molecule has 3 nitrogen and oxygen atoms in total. The largest absolute Gasteiger partial charge is 0.478 e. The Balaban J connectivity index is 2.16. The molecule has 0 atom stereocenters. The lowest BCUT2D eigenvalue weighted by molar-refractivity contribution is -0.131. The maximum Gasteiger partial charge on any atom is 0.328 e. The first-order valence-corrected chi connectivity index (χ1v) is 7.09. The highest BCUT2D eigenvalue weighted by atomic mass is 19.1. The van der Waals surface area contributed by atoms with Gasteiger partial charge < -0.3 is 10.0 Å².